The van der Waals surface area contributed by atoms with E-state index in [1.54, 1.807) is 6.34 Å². The second-order valence-electron chi connectivity index (χ2n) is 7.44. The van der Waals surface area contributed by atoms with Gasteiger partial charge in [-0.3, -0.25) is 4.79 Å². The molecule has 1 saturated heterocycles. The molecule has 0 atom stereocenters. The summed E-state index contributed by atoms with van der Waals surface area (Å²) >= 11 is 6.20. The van der Waals surface area contributed by atoms with Gasteiger partial charge in [-0.05, 0) is 49.4 Å². The van der Waals surface area contributed by atoms with E-state index in [9.17, 15) is 0 Å². The molecular formula is C23H30ClN3O4. The van der Waals surface area contributed by atoms with E-state index in [2.05, 4.69) is 10.0 Å². The number of aryl methyl sites for hydroxylation is 1. The molecule has 0 radical (unpaired) electrons. The van der Waals surface area contributed by atoms with Crippen molar-refractivity contribution in [3.05, 3.63) is 58.6 Å². The van der Waals surface area contributed by atoms with Crippen molar-refractivity contribution in [1.82, 2.24) is 4.90 Å². The largest absolute Gasteiger partial charge is 0.493 e. The number of hydrazone groups is 1. The Balaban J connectivity index is 0.000000785. The maximum atomic E-state index is 9.00. The lowest BCUT2D eigenvalue weighted by atomic mass is 9.98. The van der Waals surface area contributed by atoms with Gasteiger partial charge in [0, 0.05) is 36.7 Å². The molecule has 7 nitrogen and oxygen atoms in total. The predicted molar refractivity (Wildman–Crippen MR) is 123 cm³/mol. The number of carboxylic acid groups (broad SMARTS) is 1. The molecule has 0 amide bonds. The van der Waals surface area contributed by atoms with Crippen molar-refractivity contribution >= 4 is 23.9 Å². The van der Waals surface area contributed by atoms with Crippen LogP contribution in [0.2, 0.25) is 5.02 Å². The number of hydrogen-bond acceptors (Lipinski definition) is 5. The molecule has 1 heterocycles. The van der Waals surface area contributed by atoms with Crippen LogP contribution in [0, 0.1) is 12.8 Å². The van der Waals surface area contributed by atoms with Crippen molar-refractivity contribution < 1.29 is 19.4 Å². The van der Waals surface area contributed by atoms with Crippen LogP contribution in [0.4, 0.5) is 0 Å². The molecule has 8 heteroatoms. The summed E-state index contributed by atoms with van der Waals surface area (Å²) in [6, 6.07) is 13.7. The average molecular weight is 448 g/mol. The van der Waals surface area contributed by atoms with Gasteiger partial charge >= 0.3 is 0 Å². The Morgan fingerprint density at radius 2 is 1.84 bits per heavy atom. The van der Waals surface area contributed by atoms with Crippen molar-refractivity contribution in [2.75, 3.05) is 19.7 Å². The highest BCUT2D eigenvalue weighted by molar-refractivity contribution is 6.31. The van der Waals surface area contributed by atoms with E-state index in [1.165, 1.54) is 0 Å². The minimum atomic E-state index is -0.833. The van der Waals surface area contributed by atoms with Gasteiger partial charge in [0.2, 0.25) is 0 Å². The van der Waals surface area contributed by atoms with E-state index in [4.69, 9.17) is 36.8 Å². The van der Waals surface area contributed by atoms with Crippen molar-refractivity contribution in [3.63, 3.8) is 0 Å². The van der Waals surface area contributed by atoms with Crippen molar-refractivity contribution in [2.45, 2.75) is 33.3 Å². The van der Waals surface area contributed by atoms with E-state index in [0.717, 1.165) is 55.5 Å². The minimum absolute atomic E-state index is 0.434. The number of piperidine rings is 1. The van der Waals surface area contributed by atoms with Gasteiger partial charge in [0.25, 0.3) is 5.97 Å². The minimum Gasteiger partial charge on any atom is -0.493 e. The first kappa shape index (κ1) is 24.3. The topological polar surface area (TPSA) is 97.4 Å². The predicted octanol–water partition coefficient (Wildman–Crippen LogP) is 4.31. The Morgan fingerprint density at radius 1 is 1.23 bits per heavy atom. The summed E-state index contributed by atoms with van der Waals surface area (Å²) in [4.78, 5) is 11.1. The standard InChI is InChI=1S/C21H26ClN3O2.C2H4O2/c1-16-10-19(26-13-17-6-8-25(9-7-17)15-24-23)12-20(11-16)27-14-18-4-2-3-5-21(18)22;1-2(3)4/h2-5,10-12,15,17H,6-9,13-14,23H2,1H3;1H3,(H,3,4)/b24-15-;. The van der Waals surface area contributed by atoms with E-state index in [-0.39, 0.29) is 0 Å². The molecule has 0 unspecified atom stereocenters. The van der Waals surface area contributed by atoms with Gasteiger partial charge in [-0.15, -0.1) is 0 Å². The molecule has 3 rings (SSSR count). The van der Waals surface area contributed by atoms with Crippen molar-refractivity contribution in [2.24, 2.45) is 16.9 Å². The summed E-state index contributed by atoms with van der Waals surface area (Å²) in [5.74, 6) is 6.55. The summed E-state index contributed by atoms with van der Waals surface area (Å²) in [6.07, 6.45) is 3.86. The van der Waals surface area contributed by atoms with Crippen molar-refractivity contribution in [1.29, 1.82) is 0 Å². The van der Waals surface area contributed by atoms with Crippen LogP contribution in [0.25, 0.3) is 0 Å². The summed E-state index contributed by atoms with van der Waals surface area (Å²) < 4.78 is 12.0. The van der Waals surface area contributed by atoms with Gasteiger partial charge in [0.1, 0.15) is 24.4 Å². The second kappa shape index (κ2) is 12.7. The van der Waals surface area contributed by atoms with Crippen LogP contribution in [0.15, 0.2) is 47.6 Å². The number of halogens is 1. The van der Waals surface area contributed by atoms with Crippen LogP contribution in [-0.2, 0) is 11.4 Å². The second-order valence-corrected chi connectivity index (χ2v) is 7.84. The molecule has 0 spiro atoms. The number of rotatable bonds is 7. The molecule has 0 saturated carbocycles. The average Bonchev–Trinajstić information content (AvgIpc) is 2.72. The maximum Gasteiger partial charge on any atom is 0.300 e. The number of likely N-dealkylation sites (tertiary alicyclic amines) is 1. The molecule has 0 bridgehead atoms. The van der Waals surface area contributed by atoms with Crippen LogP contribution in [0.3, 0.4) is 0 Å². The van der Waals surface area contributed by atoms with Crippen LogP contribution in [-0.4, -0.2) is 42.0 Å². The Labute approximate surface area is 188 Å². The lowest BCUT2D eigenvalue weighted by Crippen LogP contribution is -2.34. The Bertz CT molecular complexity index is 864. The quantitative estimate of drug-likeness (QED) is 0.284. The van der Waals surface area contributed by atoms with Crippen LogP contribution in [0.5, 0.6) is 11.5 Å². The number of carboxylic acids is 1. The third-order valence-electron chi connectivity index (χ3n) is 4.74. The molecule has 1 fully saturated rings. The van der Waals surface area contributed by atoms with Gasteiger partial charge in [0.05, 0.1) is 6.61 Å². The van der Waals surface area contributed by atoms with Gasteiger partial charge in [-0.2, -0.15) is 5.10 Å². The normalized spacial score (nSPS) is 14.1. The summed E-state index contributed by atoms with van der Waals surface area (Å²) in [5.41, 5.74) is 2.08. The number of nitrogens with zero attached hydrogens (tertiary/aromatic N) is 2. The third kappa shape index (κ3) is 9.17. The number of benzene rings is 2. The van der Waals surface area contributed by atoms with Crippen LogP contribution in [0.1, 0.15) is 30.9 Å². The monoisotopic (exact) mass is 447 g/mol. The first-order valence-corrected chi connectivity index (χ1v) is 10.5. The summed E-state index contributed by atoms with van der Waals surface area (Å²) in [5, 5.41) is 11.7. The summed E-state index contributed by atoms with van der Waals surface area (Å²) in [7, 11) is 0. The number of nitrogens with two attached hydrogens (primary N) is 1. The highest BCUT2D eigenvalue weighted by Gasteiger charge is 2.18. The molecule has 31 heavy (non-hydrogen) atoms. The van der Waals surface area contributed by atoms with E-state index in [0.29, 0.717) is 24.2 Å². The van der Waals surface area contributed by atoms with Gasteiger partial charge in [-0.25, -0.2) is 0 Å². The fraction of sp³-hybridized carbons (Fsp3) is 0.391. The smallest absolute Gasteiger partial charge is 0.300 e. The van der Waals surface area contributed by atoms with E-state index >= 15 is 0 Å². The molecule has 0 aliphatic carbocycles. The van der Waals surface area contributed by atoms with Gasteiger partial charge < -0.3 is 25.3 Å². The molecule has 0 aromatic heterocycles. The zero-order valence-corrected chi connectivity index (χ0v) is 18.7. The molecule has 1 aliphatic rings. The fourth-order valence-corrected chi connectivity index (χ4v) is 3.39. The molecule has 1 aliphatic heterocycles. The number of ether oxygens (including phenoxy) is 2. The SMILES string of the molecule is CC(=O)O.Cc1cc(OCc2ccccc2Cl)cc(OCC2CCN(/C=N\N)CC2)c1. The van der Waals surface area contributed by atoms with E-state index in [1.807, 2.05) is 49.4 Å². The Hall–Kier alpha value is -2.93. The number of carbonyl (C=O) groups is 1. The highest BCUT2D eigenvalue weighted by Crippen LogP contribution is 2.26. The maximum absolute atomic E-state index is 9.00. The van der Waals surface area contributed by atoms with Crippen LogP contribution >= 0.6 is 11.6 Å². The summed E-state index contributed by atoms with van der Waals surface area (Å²) in [6.45, 7) is 6.20. The third-order valence-corrected chi connectivity index (χ3v) is 5.11. The lowest BCUT2D eigenvalue weighted by molar-refractivity contribution is -0.134. The van der Waals surface area contributed by atoms with Gasteiger partial charge in [-0.1, -0.05) is 29.8 Å². The first-order valence-electron chi connectivity index (χ1n) is 10.1. The number of hydrogen-bond donors (Lipinski definition) is 2. The molecule has 3 N–H and O–H groups in total. The zero-order chi connectivity index (χ0) is 22.6. The Kier molecular flexibility index (Phi) is 9.97. The molecule has 2 aromatic carbocycles. The molecule has 168 valence electrons. The first-order chi connectivity index (χ1) is 14.9. The number of aliphatic carboxylic acids is 1. The van der Waals surface area contributed by atoms with Gasteiger partial charge in [0.15, 0.2) is 0 Å². The zero-order valence-electron chi connectivity index (χ0n) is 18.0. The molecule has 2 aromatic rings. The van der Waals surface area contributed by atoms with E-state index < -0.39 is 5.97 Å². The molecular weight excluding hydrogens is 418 g/mol. The Morgan fingerprint density at radius 3 is 2.45 bits per heavy atom. The van der Waals surface area contributed by atoms with Crippen molar-refractivity contribution in [3.8, 4) is 11.5 Å². The fourth-order valence-electron chi connectivity index (χ4n) is 3.20. The van der Waals surface area contributed by atoms with Crippen LogP contribution < -0.4 is 15.3 Å². The lowest BCUT2D eigenvalue weighted by Gasteiger charge is -2.30. The highest BCUT2D eigenvalue weighted by atomic mass is 35.5.